The largest absolute Gasteiger partial charge is 0.496 e. The lowest BCUT2D eigenvalue weighted by Crippen LogP contribution is -2.21. The fourth-order valence-electron chi connectivity index (χ4n) is 3.90. The first-order valence-corrected chi connectivity index (χ1v) is 11.3. The van der Waals surface area contributed by atoms with Crippen molar-refractivity contribution in [3.63, 3.8) is 0 Å². The minimum absolute atomic E-state index is 0.217. The summed E-state index contributed by atoms with van der Waals surface area (Å²) in [5.41, 5.74) is 3.75. The molecule has 0 aliphatic heterocycles. The molecule has 0 saturated carbocycles. The highest BCUT2D eigenvalue weighted by Crippen LogP contribution is 2.34. The Kier molecular flexibility index (Phi) is 6.70. The number of halogens is 1. The first-order chi connectivity index (χ1) is 16.3. The molecule has 0 aliphatic rings. The third kappa shape index (κ3) is 4.41. The zero-order valence-electron chi connectivity index (χ0n) is 19.8. The zero-order chi connectivity index (χ0) is 24.4. The number of hydrogen-bond acceptors (Lipinski definition) is 5. The number of rotatable bonds is 6. The van der Waals surface area contributed by atoms with E-state index in [1.807, 2.05) is 37.3 Å². The van der Waals surface area contributed by atoms with E-state index >= 15 is 0 Å². The van der Waals surface area contributed by atoms with Crippen LogP contribution in [0.1, 0.15) is 36.5 Å². The molecule has 0 unspecified atom stereocenters. The second-order valence-electron chi connectivity index (χ2n) is 8.26. The molecule has 34 heavy (non-hydrogen) atoms. The van der Waals surface area contributed by atoms with Gasteiger partial charge in [0.1, 0.15) is 11.5 Å². The van der Waals surface area contributed by atoms with Crippen molar-refractivity contribution in [1.29, 1.82) is 0 Å². The fraction of sp³-hybridized carbons (Fsp3) is 0.222. The summed E-state index contributed by atoms with van der Waals surface area (Å²) in [4.78, 5) is 18.4. The average Bonchev–Trinajstić information content (AvgIpc) is 2.83. The topological polar surface area (TPSA) is 65.7 Å². The van der Waals surface area contributed by atoms with Crippen LogP contribution < -0.4 is 15.0 Å². The summed E-state index contributed by atoms with van der Waals surface area (Å²) < 4.78 is 12.4. The fourth-order valence-corrected chi connectivity index (χ4v) is 4.08. The maximum absolute atomic E-state index is 13.5. The van der Waals surface area contributed by atoms with Crippen molar-refractivity contribution in [3.05, 3.63) is 86.7 Å². The van der Waals surface area contributed by atoms with Crippen LogP contribution in [0.5, 0.6) is 11.5 Å². The number of ether oxygens (including phenoxy) is 2. The quantitative estimate of drug-likeness (QED) is 0.318. The van der Waals surface area contributed by atoms with E-state index in [9.17, 15) is 4.79 Å². The Hall–Kier alpha value is -3.64. The standard InChI is InChI=1S/C27H26ClN3O3/c1-16(2)21-14-22(17(3)12-25(21)34-5)26-30-23-9-7-6-8-20(23)27(32)31(26)29-15-18-13-19(28)10-11-24(18)33-4/h6-16H,1-5H3. The predicted molar refractivity (Wildman–Crippen MR) is 138 cm³/mol. The molecule has 4 aromatic rings. The van der Waals surface area contributed by atoms with Crippen LogP contribution in [0.4, 0.5) is 0 Å². The highest BCUT2D eigenvalue weighted by Gasteiger charge is 2.18. The number of nitrogens with zero attached hydrogens (tertiary/aromatic N) is 3. The van der Waals surface area contributed by atoms with Gasteiger partial charge in [0, 0.05) is 16.1 Å². The Morgan fingerprint density at radius 1 is 1.03 bits per heavy atom. The number of hydrogen-bond donors (Lipinski definition) is 0. The Balaban J connectivity index is 2.00. The summed E-state index contributed by atoms with van der Waals surface area (Å²) in [5.74, 6) is 2.06. The zero-order valence-corrected chi connectivity index (χ0v) is 20.6. The number of para-hydroxylation sites is 1. The Morgan fingerprint density at radius 2 is 1.76 bits per heavy atom. The molecule has 0 fully saturated rings. The summed E-state index contributed by atoms with van der Waals surface area (Å²) >= 11 is 6.18. The van der Waals surface area contributed by atoms with Gasteiger partial charge in [-0.05, 0) is 66.4 Å². The molecule has 7 heteroatoms. The van der Waals surface area contributed by atoms with Gasteiger partial charge in [-0.3, -0.25) is 4.79 Å². The van der Waals surface area contributed by atoms with E-state index in [1.165, 1.54) is 4.68 Å². The molecule has 0 aliphatic carbocycles. The minimum atomic E-state index is -0.265. The molecular weight excluding hydrogens is 450 g/mol. The molecule has 1 aromatic heterocycles. The van der Waals surface area contributed by atoms with Crippen LogP contribution >= 0.6 is 11.6 Å². The SMILES string of the molecule is COc1ccc(Cl)cc1C=Nn1c(-c2cc(C(C)C)c(OC)cc2C)nc2ccccc2c1=O. The second kappa shape index (κ2) is 9.69. The van der Waals surface area contributed by atoms with E-state index in [1.54, 1.807) is 44.7 Å². The Labute approximate surface area is 203 Å². The van der Waals surface area contributed by atoms with Crippen molar-refractivity contribution in [2.24, 2.45) is 5.10 Å². The van der Waals surface area contributed by atoms with Gasteiger partial charge >= 0.3 is 0 Å². The lowest BCUT2D eigenvalue weighted by Gasteiger charge is -2.17. The monoisotopic (exact) mass is 475 g/mol. The molecule has 6 nitrogen and oxygen atoms in total. The van der Waals surface area contributed by atoms with Gasteiger partial charge in [-0.15, -0.1) is 0 Å². The van der Waals surface area contributed by atoms with Crippen LogP contribution in [0, 0.1) is 6.92 Å². The smallest absolute Gasteiger partial charge is 0.282 e. The Morgan fingerprint density at radius 3 is 2.47 bits per heavy atom. The molecule has 0 radical (unpaired) electrons. The molecule has 1 heterocycles. The van der Waals surface area contributed by atoms with E-state index in [0.29, 0.717) is 33.1 Å². The van der Waals surface area contributed by atoms with Gasteiger partial charge in [0.2, 0.25) is 0 Å². The number of methoxy groups -OCH3 is 2. The molecule has 174 valence electrons. The maximum atomic E-state index is 13.5. The van der Waals surface area contributed by atoms with Crippen LogP contribution in [-0.2, 0) is 0 Å². The number of aryl methyl sites for hydroxylation is 1. The number of aromatic nitrogens is 2. The van der Waals surface area contributed by atoms with Gasteiger partial charge in [-0.1, -0.05) is 37.6 Å². The summed E-state index contributed by atoms with van der Waals surface area (Å²) in [6.45, 7) is 6.17. The molecule has 4 rings (SSSR count). The van der Waals surface area contributed by atoms with E-state index in [0.717, 1.165) is 22.4 Å². The van der Waals surface area contributed by atoms with Gasteiger partial charge in [0.25, 0.3) is 5.56 Å². The molecule has 3 aromatic carbocycles. The van der Waals surface area contributed by atoms with E-state index in [-0.39, 0.29) is 11.5 Å². The second-order valence-corrected chi connectivity index (χ2v) is 8.70. The van der Waals surface area contributed by atoms with E-state index in [2.05, 4.69) is 18.9 Å². The molecular formula is C27H26ClN3O3. The molecule has 0 saturated heterocycles. The van der Waals surface area contributed by atoms with Crippen LogP contribution in [0.15, 0.2) is 64.5 Å². The van der Waals surface area contributed by atoms with Crippen molar-refractivity contribution in [2.75, 3.05) is 14.2 Å². The maximum Gasteiger partial charge on any atom is 0.282 e. The van der Waals surface area contributed by atoms with Crippen molar-refractivity contribution in [1.82, 2.24) is 9.66 Å². The molecule has 0 amide bonds. The third-order valence-corrected chi connectivity index (χ3v) is 5.93. The predicted octanol–water partition coefficient (Wildman–Crippen LogP) is 6.05. The molecule has 0 atom stereocenters. The van der Waals surface area contributed by atoms with Crippen molar-refractivity contribution in [2.45, 2.75) is 26.7 Å². The number of benzene rings is 3. The highest BCUT2D eigenvalue weighted by molar-refractivity contribution is 6.30. The lowest BCUT2D eigenvalue weighted by molar-refractivity contribution is 0.407. The van der Waals surface area contributed by atoms with Gasteiger partial charge in [0.15, 0.2) is 5.82 Å². The van der Waals surface area contributed by atoms with Gasteiger partial charge in [-0.2, -0.15) is 9.78 Å². The summed E-state index contributed by atoms with van der Waals surface area (Å²) in [7, 11) is 3.23. The van der Waals surface area contributed by atoms with Gasteiger partial charge < -0.3 is 9.47 Å². The van der Waals surface area contributed by atoms with Gasteiger partial charge in [0.05, 0.1) is 31.3 Å². The Bertz CT molecular complexity index is 1460. The van der Waals surface area contributed by atoms with Crippen LogP contribution in [0.25, 0.3) is 22.3 Å². The summed E-state index contributed by atoms with van der Waals surface area (Å²) in [6, 6.07) is 16.5. The van der Waals surface area contributed by atoms with Crippen molar-refractivity contribution in [3.8, 4) is 22.9 Å². The van der Waals surface area contributed by atoms with E-state index in [4.69, 9.17) is 26.1 Å². The minimum Gasteiger partial charge on any atom is -0.496 e. The van der Waals surface area contributed by atoms with Gasteiger partial charge in [-0.25, -0.2) is 4.98 Å². The third-order valence-electron chi connectivity index (χ3n) is 5.70. The molecule has 0 N–H and O–H groups in total. The first-order valence-electron chi connectivity index (χ1n) is 10.9. The lowest BCUT2D eigenvalue weighted by atomic mass is 9.96. The molecule has 0 spiro atoms. The van der Waals surface area contributed by atoms with Crippen LogP contribution in [0.2, 0.25) is 5.02 Å². The summed E-state index contributed by atoms with van der Waals surface area (Å²) in [6.07, 6.45) is 1.56. The van der Waals surface area contributed by atoms with Crippen molar-refractivity contribution < 1.29 is 9.47 Å². The van der Waals surface area contributed by atoms with Crippen molar-refractivity contribution >= 4 is 28.7 Å². The van der Waals surface area contributed by atoms with E-state index < -0.39 is 0 Å². The average molecular weight is 476 g/mol. The van der Waals surface area contributed by atoms with Crippen LogP contribution in [0.3, 0.4) is 0 Å². The normalized spacial score (nSPS) is 11.5. The van der Waals surface area contributed by atoms with Crippen LogP contribution in [-0.4, -0.2) is 30.1 Å². The summed E-state index contributed by atoms with van der Waals surface area (Å²) in [5, 5.41) is 5.58. The highest BCUT2D eigenvalue weighted by atomic mass is 35.5. The molecule has 0 bridgehead atoms. The first kappa shape index (κ1) is 23.5. The number of fused-ring (bicyclic) bond motifs is 1.